The fourth-order valence-electron chi connectivity index (χ4n) is 1.88. The Kier molecular flexibility index (Phi) is 3.23. The zero-order valence-corrected chi connectivity index (χ0v) is 12.5. The van der Waals surface area contributed by atoms with E-state index in [-0.39, 0.29) is 6.09 Å². The summed E-state index contributed by atoms with van der Waals surface area (Å²) in [5.74, 6) is 0. The summed E-state index contributed by atoms with van der Waals surface area (Å²) in [7, 11) is 0. The molecule has 18 heavy (non-hydrogen) atoms. The predicted molar refractivity (Wildman–Crippen MR) is 76.0 cm³/mol. The first-order chi connectivity index (χ1) is 8.29. The zero-order valence-electron chi connectivity index (χ0n) is 11.0. The Morgan fingerprint density at radius 2 is 2.00 bits per heavy atom. The van der Waals surface area contributed by atoms with E-state index in [2.05, 4.69) is 15.9 Å². The van der Waals surface area contributed by atoms with Crippen molar-refractivity contribution in [3.63, 3.8) is 0 Å². The van der Waals surface area contributed by atoms with Crippen LogP contribution in [0.3, 0.4) is 0 Å². The average molecular weight is 310 g/mol. The molecule has 0 spiro atoms. The van der Waals surface area contributed by atoms with E-state index in [4.69, 9.17) is 4.74 Å². The highest BCUT2D eigenvalue weighted by Crippen LogP contribution is 2.27. The van der Waals surface area contributed by atoms with Gasteiger partial charge in [-0.3, -0.25) is 0 Å². The number of halogens is 1. The van der Waals surface area contributed by atoms with Crippen LogP contribution in [0.15, 0.2) is 28.7 Å². The Hall–Kier alpha value is -1.29. The second kappa shape index (κ2) is 4.43. The van der Waals surface area contributed by atoms with E-state index < -0.39 is 5.60 Å². The van der Waals surface area contributed by atoms with Crippen LogP contribution in [0.2, 0.25) is 0 Å². The van der Waals surface area contributed by atoms with E-state index in [0.29, 0.717) is 0 Å². The van der Waals surface area contributed by atoms with Gasteiger partial charge in [-0.25, -0.2) is 9.36 Å². The molecule has 1 aromatic heterocycles. The number of carbonyl (C=O) groups excluding carboxylic acids is 1. The molecule has 1 aromatic carbocycles. The Morgan fingerprint density at radius 1 is 1.33 bits per heavy atom. The fourth-order valence-corrected chi connectivity index (χ4v) is 2.35. The van der Waals surface area contributed by atoms with E-state index in [1.54, 1.807) is 4.57 Å². The third-order valence-corrected chi connectivity index (χ3v) is 3.24. The number of aryl methyl sites for hydroxylation is 1. The lowest BCUT2D eigenvalue weighted by molar-refractivity contribution is 0.0542. The van der Waals surface area contributed by atoms with Crippen molar-refractivity contribution in [1.29, 1.82) is 0 Å². The minimum Gasteiger partial charge on any atom is -0.443 e. The molecule has 4 heteroatoms. The molecule has 0 saturated carbocycles. The van der Waals surface area contributed by atoms with Crippen LogP contribution >= 0.6 is 15.9 Å². The molecule has 0 saturated heterocycles. The van der Waals surface area contributed by atoms with Crippen LogP contribution in [-0.2, 0) is 4.74 Å². The molecule has 0 fully saturated rings. The molecule has 2 rings (SSSR count). The number of carbonyl (C=O) groups is 1. The number of fused-ring (bicyclic) bond motifs is 1. The van der Waals surface area contributed by atoms with Crippen LogP contribution < -0.4 is 0 Å². The zero-order chi connectivity index (χ0) is 13.5. The molecule has 0 aliphatic carbocycles. The molecule has 0 radical (unpaired) electrons. The maximum atomic E-state index is 12.2. The maximum absolute atomic E-state index is 12.2. The largest absolute Gasteiger partial charge is 0.443 e. The van der Waals surface area contributed by atoms with Gasteiger partial charge in [0.05, 0.1) is 5.52 Å². The van der Waals surface area contributed by atoms with Gasteiger partial charge in [0, 0.05) is 15.6 Å². The molecular weight excluding hydrogens is 294 g/mol. The van der Waals surface area contributed by atoms with Crippen LogP contribution in [-0.4, -0.2) is 16.3 Å². The SMILES string of the molecule is Cc1cc2c(Br)cccc2n1C(=O)OC(C)(C)C. The molecular formula is C14H16BrNO2. The predicted octanol–water partition coefficient (Wildman–Crippen LogP) is 4.50. The summed E-state index contributed by atoms with van der Waals surface area (Å²) in [5, 5.41) is 1.01. The molecule has 0 amide bonds. The highest BCUT2D eigenvalue weighted by molar-refractivity contribution is 9.10. The minimum absolute atomic E-state index is 0.340. The van der Waals surface area contributed by atoms with Crippen LogP contribution in [0.4, 0.5) is 4.79 Å². The summed E-state index contributed by atoms with van der Waals surface area (Å²) in [6.45, 7) is 7.49. The standard InChI is InChI=1S/C14H16BrNO2/c1-9-8-10-11(15)6-5-7-12(10)16(9)13(17)18-14(2,3)4/h5-8H,1-4H3. The van der Waals surface area contributed by atoms with Crippen molar-refractivity contribution in [3.8, 4) is 0 Å². The van der Waals surface area contributed by atoms with Crippen molar-refractivity contribution >= 4 is 32.9 Å². The van der Waals surface area contributed by atoms with E-state index in [1.165, 1.54) is 0 Å². The summed E-state index contributed by atoms with van der Waals surface area (Å²) >= 11 is 3.49. The van der Waals surface area contributed by atoms with Gasteiger partial charge in [-0.2, -0.15) is 0 Å². The second-order valence-corrected chi connectivity index (χ2v) is 6.13. The minimum atomic E-state index is -0.494. The lowest BCUT2D eigenvalue weighted by Gasteiger charge is -2.20. The van der Waals surface area contributed by atoms with E-state index in [1.807, 2.05) is 52.0 Å². The first kappa shape index (κ1) is 13.1. The molecule has 0 unspecified atom stereocenters. The summed E-state index contributed by atoms with van der Waals surface area (Å²) in [6.07, 6.45) is -0.340. The molecule has 0 aliphatic rings. The molecule has 0 bridgehead atoms. The van der Waals surface area contributed by atoms with Gasteiger partial charge in [0.1, 0.15) is 5.60 Å². The quantitative estimate of drug-likeness (QED) is 0.717. The Bertz CT molecular complexity index is 608. The first-order valence-electron chi connectivity index (χ1n) is 5.79. The molecule has 0 aliphatic heterocycles. The van der Waals surface area contributed by atoms with Crippen LogP contribution in [0.5, 0.6) is 0 Å². The molecule has 96 valence electrons. The third kappa shape index (κ3) is 2.43. The molecule has 3 nitrogen and oxygen atoms in total. The summed E-state index contributed by atoms with van der Waals surface area (Å²) in [5.41, 5.74) is 1.23. The van der Waals surface area contributed by atoms with Gasteiger partial charge in [0.25, 0.3) is 0 Å². The third-order valence-electron chi connectivity index (χ3n) is 2.55. The highest BCUT2D eigenvalue weighted by Gasteiger charge is 2.21. The first-order valence-corrected chi connectivity index (χ1v) is 6.59. The Balaban J connectivity index is 2.54. The monoisotopic (exact) mass is 309 g/mol. The van der Waals surface area contributed by atoms with Crippen molar-refractivity contribution in [1.82, 2.24) is 4.57 Å². The lowest BCUT2D eigenvalue weighted by Crippen LogP contribution is -2.27. The number of hydrogen-bond acceptors (Lipinski definition) is 2. The number of aromatic nitrogens is 1. The number of rotatable bonds is 0. The van der Waals surface area contributed by atoms with Crippen molar-refractivity contribution < 1.29 is 9.53 Å². The molecule has 0 atom stereocenters. The van der Waals surface area contributed by atoms with Gasteiger partial charge in [0.15, 0.2) is 0 Å². The summed E-state index contributed by atoms with van der Waals surface area (Å²) in [4.78, 5) is 12.2. The van der Waals surface area contributed by atoms with Crippen LogP contribution in [0, 0.1) is 6.92 Å². The average Bonchev–Trinajstić information content (AvgIpc) is 2.53. The van der Waals surface area contributed by atoms with Crippen molar-refractivity contribution in [2.45, 2.75) is 33.3 Å². The van der Waals surface area contributed by atoms with Crippen molar-refractivity contribution in [3.05, 3.63) is 34.4 Å². The second-order valence-electron chi connectivity index (χ2n) is 5.27. The summed E-state index contributed by atoms with van der Waals surface area (Å²) in [6, 6.07) is 7.76. The number of hydrogen-bond donors (Lipinski definition) is 0. The Labute approximate surface area is 115 Å². The van der Waals surface area contributed by atoms with Gasteiger partial charge in [0.2, 0.25) is 0 Å². The van der Waals surface area contributed by atoms with Gasteiger partial charge < -0.3 is 4.74 Å². The van der Waals surface area contributed by atoms with E-state index in [0.717, 1.165) is 21.1 Å². The highest BCUT2D eigenvalue weighted by atomic mass is 79.9. The van der Waals surface area contributed by atoms with Gasteiger partial charge in [-0.1, -0.05) is 22.0 Å². The van der Waals surface area contributed by atoms with Crippen LogP contribution in [0.1, 0.15) is 26.5 Å². The Morgan fingerprint density at radius 3 is 2.61 bits per heavy atom. The number of ether oxygens (including phenoxy) is 1. The van der Waals surface area contributed by atoms with Gasteiger partial charge in [-0.15, -0.1) is 0 Å². The number of nitrogens with zero attached hydrogens (tertiary/aromatic N) is 1. The smallest absolute Gasteiger partial charge is 0.419 e. The number of benzene rings is 1. The van der Waals surface area contributed by atoms with E-state index >= 15 is 0 Å². The molecule has 0 N–H and O–H groups in total. The normalized spacial score (nSPS) is 11.8. The van der Waals surface area contributed by atoms with E-state index in [9.17, 15) is 4.79 Å². The molecule has 2 aromatic rings. The topological polar surface area (TPSA) is 31.2 Å². The lowest BCUT2D eigenvalue weighted by atomic mass is 10.2. The fraction of sp³-hybridized carbons (Fsp3) is 0.357. The van der Waals surface area contributed by atoms with Crippen LogP contribution in [0.25, 0.3) is 10.9 Å². The van der Waals surface area contributed by atoms with Gasteiger partial charge in [-0.05, 0) is 45.9 Å². The maximum Gasteiger partial charge on any atom is 0.419 e. The van der Waals surface area contributed by atoms with Crippen molar-refractivity contribution in [2.24, 2.45) is 0 Å². The molecule has 1 heterocycles. The van der Waals surface area contributed by atoms with Crippen molar-refractivity contribution in [2.75, 3.05) is 0 Å². The van der Waals surface area contributed by atoms with Gasteiger partial charge >= 0.3 is 6.09 Å². The summed E-state index contributed by atoms with van der Waals surface area (Å²) < 4.78 is 8.00.